The van der Waals surface area contributed by atoms with Crippen LogP contribution in [-0.4, -0.2) is 61.1 Å². The number of ketones is 1. The summed E-state index contributed by atoms with van der Waals surface area (Å²) in [5.41, 5.74) is 7.15. The number of methoxy groups -OCH3 is 1. The average Bonchev–Trinajstić information content (AvgIpc) is 3.35. The Morgan fingerprint density at radius 2 is 1.60 bits per heavy atom. The predicted molar refractivity (Wildman–Crippen MR) is 169 cm³/mol. The van der Waals surface area contributed by atoms with E-state index in [1.54, 1.807) is 7.11 Å². The second-order valence-corrected chi connectivity index (χ2v) is 10.8. The van der Waals surface area contributed by atoms with Crippen molar-refractivity contribution in [2.45, 2.75) is 33.7 Å². The van der Waals surface area contributed by atoms with Gasteiger partial charge in [0.15, 0.2) is 0 Å². The number of hydrogen-bond donors (Lipinski definition) is 1. The molecule has 42 heavy (non-hydrogen) atoms. The molecule has 0 spiro atoms. The molecule has 1 aliphatic rings. The lowest BCUT2D eigenvalue weighted by molar-refractivity contribution is -0.112. The third kappa shape index (κ3) is 6.24. The minimum Gasteiger partial charge on any atom is -0.385 e. The molecule has 0 unspecified atom stereocenters. The Labute approximate surface area is 247 Å². The Morgan fingerprint density at radius 3 is 2.29 bits per heavy atom. The maximum absolute atomic E-state index is 13.6. The van der Waals surface area contributed by atoms with Crippen LogP contribution in [-0.2, 0) is 16.1 Å². The number of piperazine rings is 1. The van der Waals surface area contributed by atoms with Gasteiger partial charge < -0.3 is 24.4 Å². The molecule has 1 fully saturated rings. The first-order chi connectivity index (χ1) is 20.4. The molecule has 0 aliphatic carbocycles. The number of Topliss-reactive ketones (excluding diaryl/α,β-unsaturated/α-hetero) is 1. The summed E-state index contributed by atoms with van der Waals surface area (Å²) in [6.45, 7) is 10.9. The number of rotatable bonds is 10. The van der Waals surface area contributed by atoms with Crippen LogP contribution in [0.25, 0.3) is 11.1 Å². The monoisotopic (exact) mass is 565 g/mol. The second-order valence-electron chi connectivity index (χ2n) is 10.8. The van der Waals surface area contributed by atoms with Crippen LogP contribution in [0.1, 0.15) is 33.7 Å². The highest BCUT2D eigenvalue weighted by molar-refractivity contribution is 6.47. The molecule has 2 aromatic heterocycles. The number of nitrogens with zero attached hydrogens (tertiary/aromatic N) is 4. The van der Waals surface area contributed by atoms with Gasteiger partial charge in [-0.2, -0.15) is 0 Å². The maximum Gasteiger partial charge on any atom is 0.298 e. The summed E-state index contributed by atoms with van der Waals surface area (Å²) in [6.07, 6.45) is 2.61. The predicted octanol–water partition coefficient (Wildman–Crippen LogP) is 5.66. The molecule has 1 aliphatic heterocycles. The van der Waals surface area contributed by atoms with Crippen molar-refractivity contribution < 1.29 is 14.3 Å². The fourth-order valence-corrected chi connectivity index (χ4v) is 5.58. The van der Waals surface area contributed by atoms with Gasteiger partial charge in [-0.15, -0.1) is 0 Å². The van der Waals surface area contributed by atoms with Crippen LogP contribution in [0, 0.1) is 20.8 Å². The molecule has 1 amide bonds. The van der Waals surface area contributed by atoms with E-state index >= 15 is 0 Å². The Balaban J connectivity index is 1.27. The van der Waals surface area contributed by atoms with Gasteiger partial charge in [-0.05, 0) is 80.3 Å². The number of benzene rings is 2. The van der Waals surface area contributed by atoms with Crippen LogP contribution in [0.4, 0.5) is 17.2 Å². The summed E-state index contributed by atoms with van der Waals surface area (Å²) in [5, 5.41) is 2.83. The van der Waals surface area contributed by atoms with Crippen molar-refractivity contribution in [3.05, 3.63) is 95.4 Å². The molecule has 4 aromatic rings. The van der Waals surface area contributed by atoms with Crippen molar-refractivity contribution in [3.8, 4) is 11.1 Å². The number of carbonyl (C=O) groups is 2. The van der Waals surface area contributed by atoms with Gasteiger partial charge in [-0.1, -0.05) is 30.3 Å². The molecule has 218 valence electrons. The Kier molecular flexibility index (Phi) is 9.03. The molecule has 3 heterocycles. The van der Waals surface area contributed by atoms with E-state index in [9.17, 15) is 9.59 Å². The number of carbonyl (C=O) groups excluding carboxylic acids is 2. The van der Waals surface area contributed by atoms with E-state index in [1.807, 2.05) is 84.4 Å². The number of nitrogens with one attached hydrogen (secondary N) is 1. The first-order valence-corrected chi connectivity index (χ1v) is 14.5. The van der Waals surface area contributed by atoms with Gasteiger partial charge in [0.05, 0.1) is 0 Å². The highest BCUT2D eigenvalue weighted by Gasteiger charge is 2.26. The van der Waals surface area contributed by atoms with Crippen LogP contribution >= 0.6 is 0 Å². The molecule has 5 rings (SSSR count). The number of aryl methyl sites for hydroxylation is 2. The number of hydrogen-bond acceptors (Lipinski definition) is 6. The van der Waals surface area contributed by atoms with E-state index in [4.69, 9.17) is 4.74 Å². The van der Waals surface area contributed by atoms with Crippen molar-refractivity contribution >= 4 is 28.9 Å². The Hall–Kier alpha value is -4.43. The molecule has 8 nitrogen and oxygen atoms in total. The number of amides is 1. The molecule has 2 aromatic carbocycles. The molecular formula is C34H39N5O3. The van der Waals surface area contributed by atoms with Crippen LogP contribution in [0.2, 0.25) is 0 Å². The van der Waals surface area contributed by atoms with E-state index in [1.165, 1.54) is 11.1 Å². The van der Waals surface area contributed by atoms with Gasteiger partial charge in [0.1, 0.15) is 11.5 Å². The van der Waals surface area contributed by atoms with Gasteiger partial charge >= 0.3 is 0 Å². The van der Waals surface area contributed by atoms with Crippen LogP contribution < -0.4 is 15.1 Å². The first-order valence-electron chi connectivity index (χ1n) is 14.5. The van der Waals surface area contributed by atoms with Crippen molar-refractivity contribution in [3.63, 3.8) is 0 Å². The summed E-state index contributed by atoms with van der Waals surface area (Å²) in [6, 6.07) is 21.5. The van der Waals surface area contributed by atoms with Gasteiger partial charge in [0.25, 0.3) is 11.7 Å². The normalized spacial score (nSPS) is 13.3. The summed E-state index contributed by atoms with van der Waals surface area (Å²) < 4.78 is 7.15. The van der Waals surface area contributed by atoms with Gasteiger partial charge in [0, 0.05) is 75.3 Å². The van der Waals surface area contributed by atoms with Crippen molar-refractivity contribution in [1.82, 2.24) is 9.55 Å². The molecule has 0 radical (unpaired) electrons. The lowest BCUT2D eigenvalue weighted by Crippen LogP contribution is -2.47. The van der Waals surface area contributed by atoms with E-state index < -0.39 is 11.7 Å². The quantitative estimate of drug-likeness (QED) is 0.152. The summed E-state index contributed by atoms with van der Waals surface area (Å²) in [5.74, 6) is -0.145. The van der Waals surface area contributed by atoms with E-state index in [2.05, 4.69) is 33.9 Å². The molecule has 1 saturated heterocycles. The third-order valence-corrected chi connectivity index (χ3v) is 8.06. The van der Waals surface area contributed by atoms with Crippen LogP contribution in [0.5, 0.6) is 0 Å². The highest BCUT2D eigenvalue weighted by Crippen LogP contribution is 2.29. The number of ether oxygens (including phenoxy) is 1. The zero-order valence-electron chi connectivity index (χ0n) is 24.9. The minimum atomic E-state index is -0.652. The van der Waals surface area contributed by atoms with Crippen molar-refractivity contribution in [1.29, 1.82) is 0 Å². The van der Waals surface area contributed by atoms with Gasteiger partial charge in [-0.3, -0.25) is 9.59 Å². The topological polar surface area (TPSA) is 79.7 Å². The second kappa shape index (κ2) is 13.0. The number of aromatic nitrogens is 2. The Bertz CT molecular complexity index is 1540. The zero-order chi connectivity index (χ0) is 29.6. The lowest BCUT2D eigenvalue weighted by atomic mass is 10.0. The summed E-state index contributed by atoms with van der Waals surface area (Å²) in [4.78, 5) is 36.2. The fraction of sp³-hybridized carbons (Fsp3) is 0.324. The maximum atomic E-state index is 13.6. The fourth-order valence-electron chi connectivity index (χ4n) is 5.58. The van der Waals surface area contributed by atoms with Gasteiger partial charge in [-0.25, -0.2) is 4.98 Å². The molecular weight excluding hydrogens is 526 g/mol. The summed E-state index contributed by atoms with van der Waals surface area (Å²) in [7, 11) is 1.66. The molecule has 1 N–H and O–H groups in total. The van der Waals surface area contributed by atoms with Crippen molar-refractivity contribution in [2.75, 3.05) is 55.0 Å². The van der Waals surface area contributed by atoms with Crippen molar-refractivity contribution in [2.24, 2.45) is 0 Å². The number of pyridine rings is 1. The molecule has 0 saturated carbocycles. The first kappa shape index (κ1) is 29.1. The third-order valence-electron chi connectivity index (χ3n) is 8.06. The number of anilines is 3. The molecule has 0 atom stereocenters. The average molecular weight is 566 g/mol. The lowest BCUT2D eigenvalue weighted by Gasteiger charge is -2.37. The zero-order valence-corrected chi connectivity index (χ0v) is 24.9. The minimum absolute atomic E-state index is 0.403. The van der Waals surface area contributed by atoms with E-state index in [0.29, 0.717) is 24.5 Å². The molecule has 8 heteroatoms. The van der Waals surface area contributed by atoms with Crippen LogP contribution in [0.15, 0.2) is 72.9 Å². The largest absolute Gasteiger partial charge is 0.385 e. The highest BCUT2D eigenvalue weighted by atomic mass is 16.5. The van der Waals surface area contributed by atoms with Crippen LogP contribution in [0.3, 0.4) is 0 Å². The van der Waals surface area contributed by atoms with E-state index in [-0.39, 0.29) is 0 Å². The van der Waals surface area contributed by atoms with E-state index in [0.717, 1.165) is 60.9 Å². The molecule has 0 bridgehead atoms. The smallest absolute Gasteiger partial charge is 0.298 e. The Morgan fingerprint density at radius 1 is 0.905 bits per heavy atom. The summed E-state index contributed by atoms with van der Waals surface area (Å²) >= 11 is 0. The standard InChI is InChI=1S/C34H39N5O3/c1-24-15-16-35-33(26(24)3)38-20-18-37(19-21-38)29-13-11-28(12-14-29)36-34(41)32(40)31-30(27-9-6-5-7-10-27)23-25(2)39(31)17-8-22-42-4/h5-7,9-16,23H,8,17-22H2,1-4H3,(H,36,41). The SMILES string of the molecule is COCCCn1c(C)cc(-c2ccccc2)c1C(=O)C(=O)Nc1ccc(N2CCN(c3nccc(C)c3C)CC2)cc1. The van der Waals surface area contributed by atoms with Gasteiger partial charge in [0.2, 0.25) is 0 Å².